The second-order valence-electron chi connectivity index (χ2n) is 7.40. The fourth-order valence-electron chi connectivity index (χ4n) is 2.87. The van der Waals surface area contributed by atoms with Crippen LogP contribution >= 0.6 is 0 Å². The molecule has 0 aromatic heterocycles. The van der Waals surface area contributed by atoms with E-state index in [-0.39, 0.29) is 17.1 Å². The molecule has 1 aromatic rings. The average molecular weight is 317 g/mol. The molecule has 2 aliphatic heterocycles. The monoisotopic (exact) mass is 317 g/mol. The molecule has 2 aliphatic rings. The second kappa shape index (κ2) is 5.62. The molecule has 0 unspecified atom stereocenters. The van der Waals surface area contributed by atoms with Gasteiger partial charge in [0.1, 0.15) is 0 Å². The third-order valence-corrected chi connectivity index (χ3v) is 5.13. The number of nitrogens with zero attached hydrogens (tertiary/aromatic N) is 1. The maximum atomic E-state index is 12.4. The van der Waals surface area contributed by atoms with Crippen LogP contribution in [0.2, 0.25) is 0 Å². The number of amides is 1. The molecule has 5 nitrogen and oxygen atoms in total. The van der Waals surface area contributed by atoms with Crippen molar-refractivity contribution in [2.75, 3.05) is 13.1 Å². The van der Waals surface area contributed by atoms with Crippen molar-refractivity contribution in [1.29, 1.82) is 0 Å². The summed E-state index contributed by atoms with van der Waals surface area (Å²) in [5.74, 6) is -0.0398. The van der Waals surface area contributed by atoms with Gasteiger partial charge >= 0.3 is 7.12 Å². The molecule has 0 radical (unpaired) electrons. The molecular formula is C17H24BNO4. The SMILES string of the molecule is CC1(C)OB(c2ccc(C(=O)N3CC[C@@H](O)C3)cc2)OC1(C)C. The maximum absolute atomic E-state index is 12.4. The highest BCUT2D eigenvalue weighted by Gasteiger charge is 2.51. The Labute approximate surface area is 137 Å². The van der Waals surface area contributed by atoms with Crippen LogP contribution in [0.15, 0.2) is 24.3 Å². The lowest BCUT2D eigenvalue weighted by Gasteiger charge is -2.32. The van der Waals surface area contributed by atoms with Gasteiger partial charge in [0, 0.05) is 18.7 Å². The Balaban J connectivity index is 1.72. The van der Waals surface area contributed by atoms with Crippen LogP contribution in [0.4, 0.5) is 0 Å². The van der Waals surface area contributed by atoms with Crippen LogP contribution in [0.1, 0.15) is 44.5 Å². The highest BCUT2D eigenvalue weighted by Crippen LogP contribution is 2.36. The van der Waals surface area contributed by atoms with Gasteiger partial charge in [0.15, 0.2) is 0 Å². The van der Waals surface area contributed by atoms with Crippen LogP contribution in [0, 0.1) is 0 Å². The summed E-state index contributed by atoms with van der Waals surface area (Å²) in [4.78, 5) is 14.1. The van der Waals surface area contributed by atoms with E-state index in [0.717, 1.165) is 5.46 Å². The second-order valence-corrected chi connectivity index (χ2v) is 7.40. The Morgan fingerprint density at radius 3 is 2.22 bits per heavy atom. The van der Waals surface area contributed by atoms with Gasteiger partial charge < -0.3 is 19.3 Å². The summed E-state index contributed by atoms with van der Waals surface area (Å²) in [5.41, 5.74) is 0.774. The van der Waals surface area contributed by atoms with E-state index >= 15 is 0 Å². The van der Waals surface area contributed by atoms with Gasteiger partial charge in [-0.3, -0.25) is 4.79 Å². The van der Waals surface area contributed by atoms with E-state index < -0.39 is 13.2 Å². The molecule has 6 heteroatoms. The van der Waals surface area contributed by atoms with Gasteiger partial charge in [-0.2, -0.15) is 0 Å². The van der Waals surface area contributed by atoms with Crippen molar-refractivity contribution in [3.8, 4) is 0 Å². The maximum Gasteiger partial charge on any atom is 0.494 e. The summed E-state index contributed by atoms with van der Waals surface area (Å²) < 4.78 is 12.0. The fraction of sp³-hybridized carbons (Fsp3) is 0.588. The molecule has 0 saturated carbocycles. The summed E-state index contributed by atoms with van der Waals surface area (Å²) in [6, 6.07) is 7.35. The first-order chi connectivity index (χ1) is 10.7. The van der Waals surface area contributed by atoms with Gasteiger partial charge in [-0.1, -0.05) is 12.1 Å². The Morgan fingerprint density at radius 2 is 1.74 bits per heavy atom. The van der Waals surface area contributed by atoms with Gasteiger partial charge in [0.2, 0.25) is 0 Å². The van der Waals surface area contributed by atoms with E-state index in [9.17, 15) is 9.90 Å². The van der Waals surface area contributed by atoms with E-state index in [1.54, 1.807) is 17.0 Å². The van der Waals surface area contributed by atoms with Gasteiger partial charge in [-0.25, -0.2) is 0 Å². The molecule has 2 heterocycles. The predicted octanol–water partition coefficient (Wildman–Crippen LogP) is 1.19. The lowest BCUT2D eigenvalue weighted by molar-refractivity contribution is 0.00578. The standard InChI is InChI=1S/C17H24BNO4/c1-16(2)17(3,4)23-18(22-16)13-7-5-12(6-8-13)15(21)19-10-9-14(20)11-19/h5-8,14,20H,9-11H2,1-4H3/t14-/m1/s1. The van der Waals surface area contributed by atoms with Crippen molar-refractivity contribution in [3.05, 3.63) is 29.8 Å². The highest BCUT2D eigenvalue weighted by molar-refractivity contribution is 6.62. The van der Waals surface area contributed by atoms with Crippen molar-refractivity contribution in [2.45, 2.75) is 51.4 Å². The number of carbonyl (C=O) groups is 1. The predicted molar refractivity (Wildman–Crippen MR) is 88.7 cm³/mol. The molecule has 23 heavy (non-hydrogen) atoms. The van der Waals surface area contributed by atoms with Crippen LogP contribution in [0.25, 0.3) is 0 Å². The molecule has 124 valence electrons. The zero-order valence-corrected chi connectivity index (χ0v) is 14.2. The molecule has 1 N–H and O–H groups in total. The smallest absolute Gasteiger partial charge is 0.399 e. The number of hydrogen-bond donors (Lipinski definition) is 1. The Kier molecular flexibility index (Phi) is 4.03. The summed E-state index contributed by atoms with van der Waals surface area (Å²) in [5, 5.41) is 9.55. The molecule has 2 saturated heterocycles. The molecule has 0 aliphatic carbocycles. The molecule has 1 amide bonds. The van der Waals surface area contributed by atoms with Gasteiger partial charge in [0.05, 0.1) is 17.3 Å². The van der Waals surface area contributed by atoms with Crippen LogP contribution in [-0.4, -0.2) is 53.4 Å². The lowest BCUT2D eigenvalue weighted by Crippen LogP contribution is -2.41. The number of benzene rings is 1. The van der Waals surface area contributed by atoms with E-state index in [4.69, 9.17) is 9.31 Å². The topological polar surface area (TPSA) is 59.0 Å². The number of aliphatic hydroxyl groups excluding tert-OH is 1. The van der Waals surface area contributed by atoms with Crippen molar-refractivity contribution < 1.29 is 19.2 Å². The summed E-state index contributed by atoms with van der Waals surface area (Å²) in [6.07, 6.45) is 0.251. The minimum atomic E-state index is -0.419. The van der Waals surface area contributed by atoms with E-state index in [1.807, 2.05) is 39.8 Å². The molecular weight excluding hydrogens is 293 g/mol. The molecule has 0 bridgehead atoms. The Bertz CT molecular complexity index is 583. The van der Waals surface area contributed by atoms with E-state index in [2.05, 4.69) is 0 Å². The minimum absolute atomic E-state index is 0.0398. The molecule has 3 rings (SSSR count). The number of aliphatic hydroxyl groups is 1. The quantitative estimate of drug-likeness (QED) is 0.833. The zero-order valence-electron chi connectivity index (χ0n) is 14.2. The third kappa shape index (κ3) is 3.03. The first kappa shape index (κ1) is 16.5. The zero-order chi connectivity index (χ0) is 16.8. The minimum Gasteiger partial charge on any atom is -0.399 e. The fourth-order valence-corrected chi connectivity index (χ4v) is 2.87. The molecule has 1 aromatic carbocycles. The number of hydrogen-bond acceptors (Lipinski definition) is 4. The summed E-state index contributed by atoms with van der Waals surface area (Å²) in [7, 11) is -0.419. The molecule has 1 atom stereocenters. The van der Waals surface area contributed by atoms with E-state index in [0.29, 0.717) is 25.1 Å². The number of rotatable bonds is 2. The Hall–Kier alpha value is -1.37. The van der Waals surface area contributed by atoms with Crippen molar-refractivity contribution in [2.24, 2.45) is 0 Å². The summed E-state index contributed by atoms with van der Waals surface area (Å²) in [6.45, 7) is 9.09. The van der Waals surface area contributed by atoms with Gasteiger partial charge in [-0.15, -0.1) is 0 Å². The van der Waals surface area contributed by atoms with E-state index in [1.165, 1.54) is 0 Å². The van der Waals surface area contributed by atoms with Crippen LogP contribution < -0.4 is 5.46 Å². The van der Waals surface area contributed by atoms with Gasteiger partial charge in [0.25, 0.3) is 5.91 Å². The van der Waals surface area contributed by atoms with Crippen LogP contribution in [-0.2, 0) is 9.31 Å². The van der Waals surface area contributed by atoms with Crippen molar-refractivity contribution in [1.82, 2.24) is 4.90 Å². The van der Waals surface area contributed by atoms with Crippen molar-refractivity contribution >= 4 is 18.5 Å². The van der Waals surface area contributed by atoms with Gasteiger partial charge in [-0.05, 0) is 51.7 Å². The molecule has 0 spiro atoms. The lowest BCUT2D eigenvalue weighted by atomic mass is 9.79. The average Bonchev–Trinajstić information content (AvgIpc) is 3.00. The molecule has 2 fully saturated rings. The first-order valence-corrected chi connectivity index (χ1v) is 8.12. The Morgan fingerprint density at radius 1 is 1.17 bits per heavy atom. The third-order valence-electron chi connectivity index (χ3n) is 5.13. The number of carbonyl (C=O) groups excluding carboxylic acids is 1. The van der Waals surface area contributed by atoms with Crippen molar-refractivity contribution in [3.63, 3.8) is 0 Å². The summed E-state index contributed by atoms with van der Waals surface area (Å²) >= 11 is 0. The number of β-amino-alcohol motifs (C(OH)–C–C–N with tert-alkyl or cyclic N) is 1. The largest absolute Gasteiger partial charge is 0.494 e. The normalized spacial score (nSPS) is 25.9. The number of likely N-dealkylation sites (tertiary alicyclic amines) is 1. The van der Waals surface area contributed by atoms with Crippen LogP contribution in [0.5, 0.6) is 0 Å². The first-order valence-electron chi connectivity index (χ1n) is 8.12. The highest BCUT2D eigenvalue weighted by atomic mass is 16.7. The van der Waals surface area contributed by atoms with Crippen LogP contribution in [0.3, 0.4) is 0 Å².